The Hall–Kier alpha value is -2.54. The van der Waals surface area contributed by atoms with Crippen molar-refractivity contribution in [2.45, 2.75) is 13.8 Å². The van der Waals surface area contributed by atoms with Gasteiger partial charge in [0.15, 0.2) is 6.61 Å². The van der Waals surface area contributed by atoms with Crippen LogP contribution in [0.3, 0.4) is 0 Å². The predicted molar refractivity (Wildman–Crippen MR) is 103 cm³/mol. The number of hydrogen-bond acceptors (Lipinski definition) is 4. The van der Waals surface area contributed by atoms with Crippen LogP contribution in [-0.4, -0.2) is 40.3 Å². The van der Waals surface area contributed by atoms with Crippen LogP contribution in [0.25, 0.3) is 0 Å². The number of hydrogen-bond donors (Lipinski definition) is 1. The van der Waals surface area contributed by atoms with Crippen molar-refractivity contribution in [2.24, 2.45) is 0 Å². The minimum atomic E-state index is -3.46. The first-order chi connectivity index (χ1) is 12.3. The second-order valence-electron chi connectivity index (χ2n) is 6.08. The van der Waals surface area contributed by atoms with Crippen LogP contribution in [-0.2, 0) is 14.8 Å². The molecule has 0 fully saturated rings. The Morgan fingerprint density at radius 1 is 1.12 bits per heavy atom. The van der Waals surface area contributed by atoms with E-state index in [2.05, 4.69) is 5.32 Å². The van der Waals surface area contributed by atoms with E-state index >= 15 is 0 Å². The molecule has 0 atom stereocenters. The van der Waals surface area contributed by atoms with Crippen molar-refractivity contribution in [3.63, 3.8) is 0 Å². The molecule has 0 unspecified atom stereocenters. The number of nitrogens with zero attached hydrogens (tertiary/aromatic N) is 1. The SMILES string of the molecule is Cc1ccc(C)c(N(CCNC(=O)COc2ccccc2)S(C)(=O)=O)c1. The topological polar surface area (TPSA) is 75.7 Å². The van der Waals surface area contributed by atoms with Gasteiger partial charge in [0.25, 0.3) is 5.91 Å². The zero-order chi connectivity index (χ0) is 19.2. The predicted octanol–water partition coefficient (Wildman–Crippen LogP) is 2.26. The molecule has 2 rings (SSSR count). The van der Waals surface area contributed by atoms with Gasteiger partial charge in [-0.3, -0.25) is 9.10 Å². The summed E-state index contributed by atoms with van der Waals surface area (Å²) in [5.41, 5.74) is 2.46. The average molecular weight is 376 g/mol. The number of carbonyl (C=O) groups excluding carboxylic acids is 1. The maximum Gasteiger partial charge on any atom is 0.258 e. The van der Waals surface area contributed by atoms with Gasteiger partial charge in [-0.25, -0.2) is 8.42 Å². The molecule has 0 bridgehead atoms. The Morgan fingerprint density at radius 2 is 1.81 bits per heavy atom. The number of carbonyl (C=O) groups is 1. The van der Waals surface area contributed by atoms with Crippen LogP contribution in [0.2, 0.25) is 0 Å². The van der Waals surface area contributed by atoms with Crippen LogP contribution in [0.15, 0.2) is 48.5 Å². The Balaban J connectivity index is 1.94. The Labute approximate surface area is 154 Å². The van der Waals surface area contributed by atoms with Gasteiger partial charge in [0.05, 0.1) is 18.5 Å². The van der Waals surface area contributed by atoms with Crippen molar-refractivity contribution < 1.29 is 17.9 Å². The molecule has 2 aromatic carbocycles. The highest BCUT2D eigenvalue weighted by molar-refractivity contribution is 7.92. The molecule has 1 N–H and O–H groups in total. The molecule has 0 radical (unpaired) electrons. The van der Waals surface area contributed by atoms with Gasteiger partial charge in [0, 0.05) is 6.54 Å². The Morgan fingerprint density at radius 3 is 2.46 bits per heavy atom. The lowest BCUT2D eigenvalue weighted by Gasteiger charge is -2.24. The zero-order valence-corrected chi connectivity index (χ0v) is 16.0. The van der Waals surface area contributed by atoms with E-state index in [1.165, 1.54) is 4.31 Å². The molecule has 6 nitrogen and oxygen atoms in total. The molecule has 0 spiro atoms. The lowest BCUT2D eigenvalue weighted by Crippen LogP contribution is -2.39. The molecular formula is C19H24N2O4S. The molecule has 0 saturated carbocycles. The Kier molecular flexibility index (Phi) is 6.63. The van der Waals surface area contributed by atoms with Gasteiger partial charge >= 0.3 is 0 Å². The van der Waals surface area contributed by atoms with Crippen molar-refractivity contribution >= 4 is 21.6 Å². The van der Waals surface area contributed by atoms with E-state index in [0.717, 1.165) is 17.4 Å². The standard InChI is InChI=1S/C19H24N2O4S/c1-15-9-10-16(2)18(13-15)21(26(3,23)24)12-11-20-19(22)14-25-17-7-5-4-6-8-17/h4-10,13H,11-12,14H2,1-3H3,(H,20,22). The summed E-state index contributed by atoms with van der Waals surface area (Å²) in [6.45, 7) is 4.00. The van der Waals surface area contributed by atoms with E-state index in [4.69, 9.17) is 4.74 Å². The summed E-state index contributed by atoms with van der Waals surface area (Å²) in [7, 11) is -3.46. The van der Waals surface area contributed by atoms with E-state index in [-0.39, 0.29) is 25.6 Å². The van der Waals surface area contributed by atoms with Crippen molar-refractivity contribution in [3.8, 4) is 5.75 Å². The molecule has 0 saturated heterocycles. The second kappa shape index (κ2) is 8.71. The van der Waals surface area contributed by atoms with Gasteiger partial charge in [0.2, 0.25) is 10.0 Å². The van der Waals surface area contributed by atoms with Crippen LogP contribution in [0.5, 0.6) is 5.75 Å². The third kappa shape index (κ3) is 5.77. The van der Waals surface area contributed by atoms with E-state index in [1.807, 2.05) is 50.2 Å². The number of anilines is 1. The molecular weight excluding hydrogens is 352 g/mol. The third-order valence-electron chi connectivity index (χ3n) is 3.78. The maximum absolute atomic E-state index is 12.2. The van der Waals surface area contributed by atoms with E-state index in [0.29, 0.717) is 11.4 Å². The molecule has 0 aliphatic rings. The number of sulfonamides is 1. The van der Waals surface area contributed by atoms with E-state index < -0.39 is 10.0 Å². The molecule has 7 heteroatoms. The molecule has 26 heavy (non-hydrogen) atoms. The van der Waals surface area contributed by atoms with Gasteiger partial charge in [-0.15, -0.1) is 0 Å². The highest BCUT2D eigenvalue weighted by Crippen LogP contribution is 2.23. The fourth-order valence-electron chi connectivity index (χ4n) is 2.47. The zero-order valence-electron chi connectivity index (χ0n) is 15.2. The Bertz CT molecular complexity index is 851. The average Bonchev–Trinajstić information content (AvgIpc) is 2.59. The maximum atomic E-state index is 12.2. The quantitative estimate of drug-likeness (QED) is 0.767. The molecule has 1 amide bonds. The summed E-state index contributed by atoms with van der Waals surface area (Å²) in [6, 6.07) is 14.7. The summed E-state index contributed by atoms with van der Waals surface area (Å²) in [4.78, 5) is 11.9. The van der Waals surface area contributed by atoms with Crippen molar-refractivity contribution in [1.82, 2.24) is 5.32 Å². The third-order valence-corrected chi connectivity index (χ3v) is 4.96. The molecule has 0 heterocycles. The molecule has 0 aliphatic carbocycles. The van der Waals surface area contributed by atoms with Gasteiger partial charge in [0.1, 0.15) is 5.75 Å². The number of ether oxygens (including phenoxy) is 1. The highest BCUT2D eigenvalue weighted by Gasteiger charge is 2.19. The molecule has 0 aromatic heterocycles. The summed E-state index contributed by atoms with van der Waals surface area (Å²) in [6.07, 6.45) is 1.16. The smallest absolute Gasteiger partial charge is 0.258 e. The minimum Gasteiger partial charge on any atom is -0.484 e. The first-order valence-corrected chi connectivity index (χ1v) is 10.1. The fourth-order valence-corrected chi connectivity index (χ4v) is 3.44. The summed E-state index contributed by atoms with van der Waals surface area (Å²) in [5.74, 6) is 0.305. The number of aryl methyl sites for hydroxylation is 2. The van der Waals surface area contributed by atoms with Gasteiger partial charge in [-0.1, -0.05) is 30.3 Å². The lowest BCUT2D eigenvalue weighted by molar-refractivity contribution is -0.123. The fraction of sp³-hybridized carbons (Fsp3) is 0.316. The van der Waals surface area contributed by atoms with Gasteiger partial charge in [-0.05, 0) is 43.2 Å². The van der Waals surface area contributed by atoms with Crippen molar-refractivity contribution in [1.29, 1.82) is 0 Å². The van der Waals surface area contributed by atoms with Crippen molar-refractivity contribution in [3.05, 3.63) is 59.7 Å². The van der Waals surface area contributed by atoms with Crippen LogP contribution in [0.4, 0.5) is 5.69 Å². The highest BCUT2D eigenvalue weighted by atomic mass is 32.2. The van der Waals surface area contributed by atoms with Crippen LogP contribution in [0, 0.1) is 13.8 Å². The molecule has 2 aromatic rings. The first-order valence-electron chi connectivity index (χ1n) is 8.27. The summed E-state index contributed by atoms with van der Waals surface area (Å²) < 4.78 is 31.0. The molecule has 140 valence electrons. The van der Waals surface area contributed by atoms with Crippen LogP contribution >= 0.6 is 0 Å². The number of para-hydroxylation sites is 1. The lowest BCUT2D eigenvalue weighted by atomic mass is 10.1. The minimum absolute atomic E-state index is 0.119. The van der Waals surface area contributed by atoms with Gasteiger partial charge < -0.3 is 10.1 Å². The molecule has 0 aliphatic heterocycles. The number of nitrogens with one attached hydrogen (secondary N) is 1. The van der Waals surface area contributed by atoms with Gasteiger partial charge in [-0.2, -0.15) is 0 Å². The van der Waals surface area contributed by atoms with Crippen LogP contribution < -0.4 is 14.4 Å². The largest absolute Gasteiger partial charge is 0.484 e. The summed E-state index contributed by atoms with van der Waals surface area (Å²) in [5, 5.41) is 2.69. The number of rotatable bonds is 8. The number of benzene rings is 2. The number of amides is 1. The first kappa shape index (κ1) is 19.8. The van der Waals surface area contributed by atoms with Crippen LogP contribution in [0.1, 0.15) is 11.1 Å². The second-order valence-corrected chi connectivity index (χ2v) is 7.98. The van der Waals surface area contributed by atoms with E-state index in [1.54, 1.807) is 12.1 Å². The van der Waals surface area contributed by atoms with E-state index in [9.17, 15) is 13.2 Å². The monoisotopic (exact) mass is 376 g/mol. The van der Waals surface area contributed by atoms with Crippen molar-refractivity contribution in [2.75, 3.05) is 30.3 Å². The summed E-state index contributed by atoms with van der Waals surface area (Å²) >= 11 is 0. The normalized spacial score (nSPS) is 11.0.